The summed E-state index contributed by atoms with van der Waals surface area (Å²) < 4.78 is 4.63. The van der Waals surface area contributed by atoms with E-state index in [0.717, 1.165) is 49.3 Å². The normalized spacial score (nSPS) is 11.2. The Balaban J connectivity index is 1.39. The van der Waals surface area contributed by atoms with Crippen LogP contribution in [0.5, 0.6) is 0 Å². The summed E-state index contributed by atoms with van der Waals surface area (Å²) >= 11 is 3.47. The Hall–Kier alpha value is -3.78. The Bertz CT molecular complexity index is 1580. The fourth-order valence-electron chi connectivity index (χ4n) is 4.55. The number of halogens is 1. The van der Waals surface area contributed by atoms with Crippen molar-refractivity contribution >= 4 is 38.6 Å². The summed E-state index contributed by atoms with van der Waals surface area (Å²) in [6.07, 6.45) is 1.77. The molecule has 182 valence electrons. The van der Waals surface area contributed by atoms with Crippen LogP contribution in [0.25, 0.3) is 22.2 Å². The van der Waals surface area contributed by atoms with Crippen molar-refractivity contribution in [2.75, 3.05) is 5.32 Å². The third-order valence-electron chi connectivity index (χ3n) is 6.32. The van der Waals surface area contributed by atoms with E-state index in [1.165, 1.54) is 5.56 Å². The average molecular weight is 543 g/mol. The number of pyridine rings is 1. The molecule has 0 saturated heterocycles. The summed E-state index contributed by atoms with van der Waals surface area (Å²) in [5, 5.41) is 13.3. The van der Waals surface area contributed by atoms with E-state index in [1.807, 2.05) is 49.7 Å². The van der Waals surface area contributed by atoms with Gasteiger partial charge in [0.1, 0.15) is 6.54 Å². The Labute approximate surface area is 218 Å². The zero-order chi connectivity index (χ0) is 25.4. The molecule has 36 heavy (non-hydrogen) atoms. The molecule has 1 N–H and O–H groups in total. The van der Waals surface area contributed by atoms with E-state index in [2.05, 4.69) is 73.7 Å². The minimum absolute atomic E-state index is 0.0609. The number of amides is 1. The van der Waals surface area contributed by atoms with Crippen molar-refractivity contribution in [2.45, 2.75) is 40.8 Å². The highest BCUT2D eigenvalue weighted by atomic mass is 79.9. The Morgan fingerprint density at radius 2 is 1.69 bits per heavy atom. The first-order chi connectivity index (χ1) is 17.3. The zero-order valence-corrected chi connectivity index (χ0v) is 22.3. The molecule has 3 aromatic heterocycles. The second kappa shape index (κ2) is 9.70. The van der Waals surface area contributed by atoms with E-state index >= 15 is 0 Å². The minimum Gasteiger partial charge on any atom is -0.321 e. The lowest BCUT2D eigenvalue weighted by Gasteiger charge is -2.09. The number of fused-ring (bicyclic) bond motifs is 1. The molecule has 7 nitrogen and oxygen atoms in total. The molecule has 0 atom stereocenters. The van der Waals surface area contributed by atoms with Crippen LogP contribution >= 0.6 is 15.9 Å². The van der Waals surface area contributed by atoms with Crippen molar-refractivity contribution in [3.8, 4) is 11.1 Å². The average Bonchev–Trinajstić information content (AvgIpc) is 3.31. The van der Waals surface area contributed by atoms with E-state index in [9.17, 15) is 4.79 Å². The number of aryl methyl sites for hydroxylation is 3. The van der Waals surface area contributed by atoms with Crippen LogP contribution in [-0.4, -0.2) is 30.5 Å². The summed E-state index contributed by atoms with van der Waals surface area (Å²) in [6.45, 7) is 8.60. The number of aromatic nitrogens is 5. The third-order valence-corrected chi connectivity index (χ3v) is 6.85. The summed E-state index contributed by atoms with van der Waals surface area (Å²) in [4.78, 5) is 17.7. The number of nitrogens with zero attached hydrogens (tertiary/aromatic N) is 5. The molecule has 0 fully saturated rings. The lowest BCUT2D eigenvalue weighted by molar-refractivity contribution is -0.116. The molecule has 0 spiro atoms. The molecular weight excluding hydrogens is 516 g/mol. The molecule has 0 radical (unpaired) electrons. The number of nitrogens with one attached hydrogen (secondary N) is 1. The van der Waals surface area contributed by atoms with Crippen LogP contribution in [0, 0.1) is 27.7 Å². The smallest absolute Gasteiger partial charge is 0.246 e. The van der Waals surface area contributed by atoms with E-state index in [1.54, 1.807) is 10.9 Å². The van der Waals surface area contributed by atoms with Crippen molar-refractivity contribution in [3.05, 3.63) is 93.5 Å². The molecule has 0 aliphatic rings. The Morgan fingerprint density at radius 3 is 2.44 bits per heavy atom. The second-order valence-electron chi connectivity index (χ2n) is 9.05. The Morgan fingerprint density at radius 1 is 0.944 bits per heavy atom. The molecule has 0 aliphatic heterocycles. The quantitative estimate of drug-likeness (QED) is 0.286. The van der Waals surface area contributed by atoms with Crippen molar-refractivity contribution in [2.24, 2.45) is 0 Å². The van der Waals surface area contributed by atoms with Gasteiger partial charge in [-0.1, -0.05) is 57.9 Å². The minimum atomic E-state index is -0.170. The highest BCUT2D eigenvalue weighted by Crippen LogP contribution is 2.30. The number of anilines is 1. The molecule has 0 aliphatic carbocycles. The molecule has 3 heterocycles. The fraction of sp³-hybridized carbons (Fsp3) is 0.214. The Kier molecular flexibility index (Phi) is 6.45. The molecule has 5 aromatic rings. The molecule has 8 heteroatoms. The monoisotopic (exact) mass is 542 g/mol. The van der Waals surface area contributed by atoms with Gasteiger partial charge in [0.2, 0.25) is 5.91 Å². The number of carbonyl (C=O) groups excluding carboxylic acids is 1. The molecule has 0 bridgehead atoms. The number of hydrogen-bond acceptors (Lipinski definition) is 4. The highest BCUT2D eigenvalue weighted by molar-refractivity contribution is 9.10. The first-order valence-electron chi connectivity index (χ1n) is 11.8. The van der Waals surface area contributed by atoms with Crippen LogP contribution in [0.1, 0.15) is 28.2 Å². The maximum Gasteiger partial charge on any atom is 0.246 e. The summed E-state index contributed by atoms with van der Waals surface area (Å²) in [7, 11) is 0. The highest BCUT2D eigenvalue weighted by Gasteiger charge is 2.18. The van der Waals surface area contributed by atoms with Gasteiger partial charge in [-0.25, -0.2) is 9.67 Å². The van der Waals surface area contributed by atoms with Gasteiger partial charge in [-0.05, 0) is 62.6 Å². The van der Waals surface area contributed by atoms with Gasteiger partial charge in [0.25, 0.3) is 0 Å². The molecule has 2 aromatic carbocycles. The van der Waals surface area contributed by atoms with Gasteiger partial charge in [0.15, 0.2) is 5.65 Å². The molecule has 5 rings (SSSR count). The van der Waals surface area contributed by atoms with Crippen LogP contribution in [0.15, 0.2) is 65.3 Å². The SMILES string of the molecule is Cc1cccc(-c2ccnc3c2c(C)nn3CC(=O)Nc2c(C)nn(Cc3ccc(Br)cc3)c2C)c1. The molecule has 0 saturated carbocycles. The molecular formula is C28H27BrN6O. The standard InChI is InChI=1S/C28H27BrN6O/c1-17-6-5-7-22(14-17)24-12-13-30-28-26(24)18(2)32-35(28)16-25(36)31-27-19(3)33-34(20(27)4)15-21-8-10-23(29)11-9-21/h5-14H,15-16H2,1-4H3,(H,31,36). The lowest BCUT2D eigenvalue weighted by atomic mass is 10.0. The topological polar surface area (TPSA) is 77.6 Å². The largest absolute Gasteiger partial charge is 0.321 e. The lowest BCUT2D eigenvalue weighted by Crippen LogP contribution is -2.20. The fourth-order valence-corrected chi connectivity index (χ4v) is 4.82. The predicted molar refractivity (Wildman–Crippen MR) is 146 cm³/mol. The zero-order valence-electron chi connectivity index (χ0n) is 20.7. The van der Waals surface area contributed by atoms with Gasteiger partial charge in [-0.15, -0.1) is 0 Å². The number of benzene rings is 2. The van der Waals surface area contributed by atoms with Crippen LogP contribution in [-0.2, 0) is 17.9 Å². The predicted octanol–water partition coefficient (Wildman–Crippen LogP) is 5.98. The van der Waals surface area contributed by atoms with Crippen molar-refractivity contribution in [3.63, 3.8) is 0 Å². The van der Waals surface area contributed by atoms with Gasteiger partial charge >= 0.3 is 0 Å². The van der Waals surface area contributed by atoms with Crippen molar-refractivity contribution in [1.29, 1.82) is 0 Å². The van der Waals surface area contributed by atoms with Gasteiger partial charge in [0.05, 0.1) is 29.3 Å². The maximum absolute atomic E-state index is 13.1. The summed E-state index contributed by atoms with van der Waals surface area (Å²) in [5.41, 5.74) is 8.46. The van der Waals surface area contributed by atoms with Crippen LogP contribution in [0.4, 0.5) is 5.69 Å². The van der Waals surface area contributed by atoms with Gasteiger partial charge in [-0.2, -0.15) is 10.2 Å². The number of hydrogen-bond donors (Lipinski definition) is 1. The van der Waals surface area contributed by atoms with Crippen LogP contribution in [0.3, 0.4) is 0 Å². The number of rotatable bonds is 6. The first-order valence-corrected chi connectivity index (χ1v) is 12.6. The van der Waals surface area contributed by atoms with Crippen LogP contribution in [0.2, 0.25) is 0 Å². The maximum atomic E-state index is 13.1. The first kappa shape index (κ1) is 23.9. The van der Waals surface area contributed by atoms with E-state index in [0.29, 0.717) is 12.2 Å². The second-order valence-corrected chi connectivity index (χ2v) is 9.96. The van der Waals surface area contributed by atoms with E-state index < -0.39 is 0 Å². The van der Waals surface area contributed by atoms with Crippen molar-refractivity contribution in [1.82, 2.24) is 24.5 Å². The van der Waals surface area contributed by atoms with Crippen LogP contribution < -0.4 is 5.32 Å². The van der Waals surface area contributed by atoms with Gasteiger partial charge in [-0.3, -0.25) is 9.48 Å². The summed E-state index contributed by atoms with van der Waals surface area (Å²) in [5.74, 6) is -0.170. The third kappa shape index (κ3) is 4.68. The molecule has 0 unspecified atom stereocenters. The number of carbonyl (C=O) groups is 1. The molecule has 1 amide bonds. The van der Waals surface area contributed by atoms with E-state index in [4.69, 9.17) is 0 Å². The summed E-state index contributed by atoms with van der Waals surface area (Å²) in [6, 6.07) is 18.5. The van der Waals surface area contributed by atoms with E-state index in [-0.39, 0.29) is 12.5 Å². The van der Waals surface area contributed by atoms with Gasteiger partial charge < -0.3 is 5.32 Å². The van der Waals surface area contributed by atoms with Gasteiger partial charge in [0, 0.05) is 16.1 Å². The van der Waals surface area contributed by atoms with Crippen molar-refractivity contribution < 1.29 is 4.79 Å².